The first-order valence-corrected chi connectivity index (χ1v) is 5.82. The lowest BCUT2D eigenvalue weighted by Gasteiger charge is -2.04. The van der Waals surface area contributed by atoms with Crippen LogP contribution >= 0.6 is 0 Å². The molecule has 0 bridgehead atoms. The second-order valence-electron chi connectivity index (χ2n) is 3.63. The predicted octanol–water partition coefficient (Wildman–Crippen LogP) is 2.56. The van der Waals surface area contributed by atoms with E-state index in [0.29, 0.717) is 18.6 Å². The normalized spacial score (nSPS) is 9.89. The van der Waals surface area contributed by atoms with Gasteiger partial charge in [0.25, 0.3) is 5.09 Å². The fourth-order valence-electron chi connectivity index (χ4n) is 1.29. The molecule has 0 N–H and O–H groups in total. The quantitative estimate of drug-likeness (QED) is 0.295. The minimum absolute atomic E-state index is 0.0936. The Kier molecular flexibility index (Phi) is 6.85. The predicted molar refractivity (Wildman–Crippen MR) is 62.1 cm³/mol. The summed E-state index contributed by atoms with van der Waals surface area (Å²) in [6.07, 6.45) is 4.72. The molecule has 0 atom stereocenters. The Bertz CT molecular complexity index is 376. The fourth-order valence-corrected chi connectivity index (χ4v) is 1.29. The van der Waals surface area contributed by atoms with Crippen LogP contribution < -0.4 is 4.74 Å². The highest BCUT2D eigenvalue weighted by molar-refractivity contribution is 5.63. The molecule has 0 aliphatic heterocycles. The van der Waals surface area contributed by atoms with Gasteiger partial charge in [-0.3, -0.25) is 0 Å². The zero-order chi connectivity index (χ0) is 13.9. The average molecular weight is 273 g/mol. The van der Waals surface area contributed by atoms with Crippen LogP contribution in [-0.2, 0) is 9.57 Å². The third-order valence-corrected chi connectivity index (χ3v) is 2.15. The number of nitrogens with zero attached hydrogens (tertiary/aromatic N) is 1. The molecular formula is C11H15NO7. The molecule has 1 aromatic heterocycles. The van der Waals surface area contributed by atoms with E-state index in [1.807, 2.05) is 0 Å². The van der Waals surface area contributed by atoms with Gasteiger partial charge >= 0.3 is 6.16 Å². The van der Waals surface area contributed by atoms with Crippen LogP contribution in [0.25, 0.3) is 0 Å². The zero-order valence-electron chi connectivity index (χ0n) is 10.3. The lowest BCUT2D eigenvalue weighted by molar-refractivity contribution is -0.757. The topological polar surface area (TPSA) is 101 Å². The van der Waals surface area contributed by atoms with E-state index in [2.05, 4.69) is 4.84 Å². The number of ether oxygens (including phenoxy) is 2. The van der Waals surface area contributed by atoms with E-state index < -0.39 is 11.2 Å². The number of hydrogen-bond donors (Lipinski definition) is 0. The molecule has 0 spiro atoms. The van der Waals surface area contributed by atoms with Crippen LogP contribution in [-0.4, -0.2) is 24.5 Å². The van der Waals surface area contributed by atoms with Gasteiger partial charge in [0.2, 0.25) is 0 Å². The molecule has 8 nitrogen and oxygen atoms in total. The Morgan fingerprint density at radius 3 is 2.63 bits per heavy atom. The molecule has 1 aromatic rings. The monoisotopic (exact) mass is 273 g/mol. The number of carbonyl (C=O) groups excluding carboxylic acids is 1. The number of hydrogen-bond acceptors (Lipinski definition) is 7. The van der Waals surface area contributed by atoms with Crippen molar-refractivity contribution in [1.82, 2.24) is 0 Å². The standard InChI is InChI=1S/C11H15NO7/c13-11(19-10-5-8-16-9-10)17-6-3-1-2-4-7-18-12(14)15/h5,8-9H,1-4,6-7H2. The van der Waals surface area contributed by atoms with E-state index in [4.69, 9.17) is 13.9 Å². The van der Waals surface area contributed by atoms with Crippen LogP contribution in [0.5, 0.6) is 5.75 Å². The summed E-state index contributed by atoms with van der Waals surface area (Å²) in [4.78, 5) is 25.1. The van der Waals surface area contributed by atoms with Crippen molar-refractivity contribution in [1.29, 1.82) is 0 Å². The SMILES string of the molecule is O=C(OCCCCCCO[N+](=O)[O-])Oc1ccoc1. The molecule has 1 heterocycles. The lowest BCUT2D eigenvalue weighted by Crippen LogP contribution is -2.11. The van der Waals surface area contributed by atoms with E-state index >= 15 is 0 Å². The first-order chi connectivity index (χ1) is 9.18. The summed E-state index contributed by atoms with van der Waals surface area (Å²) < 4.78 is 14.3. The van der Waals surface area contributed by atoms with Crippen molar-refractivity contribution in [3.8, 4) is 5.75 Å². The maximum Gasteiger partial charge on any atom is 0.513 e. The average Bonchev–Trinajstić information content (AvgIpc) is 2.85. The first kappa shape index (κ1) is 14.8. The molecule has 0 saturated carbocycles. The molecule has 8 heteroatoms. The van der Waals surface area contributed by atoms with E-state index in [0.717, 1.165) is 12.8 Å². The summed E-state index contributed by atoms with van der Waals surface area (Å²) in [5, 5.41) is 9.03. The molecule has 0 amide bonds. The molecule has 0 saturated heterocycles. The van der Waals surface area contributed by atoms with Crippen molar-refractivity contribution in [2.75, 3.05) is 13.2 Å². The van der Waals surface area contributed by atoms with Gasteiger partial charge in [0.1, 0.15) is 6.26 Å². The first-order valence-electron chi connectivity index (χ1n) is 5.82. The van der Waals surface area contributed by atoms with Crippen molar-refractivity contribution >= 4 is 6.16 Å². The minimum Gasteiger partial charge on any atom is -0.469 e. The highest BCUT2D eigenvalue weighted by atomic mass is 16.9. The van der Waals surface area contributed by atoms with Crippen molar-refractivity contribution in [2.24, 2.45) is 0 Å². The second-order valence-corrected chi connectivity index (χ2v) is 3.63. The van der Waals surface area contributed by atoms with E-state index in [-0.39, 0.29) is 13.2 Å². The van der Waals surface area contributed by atoms with Gasteiger partial charge in [0.15, 0.2) is 5.75 Å². The van der Waals surface area contributed by atoms with E-state index in [9.17, 15) is 14.9 Å². The van der Waals surface area contributed by atoms with Crippen LogP contribution in [0.1, 0.15) is 25.7 Å². The number of carbonyl (C=O) groups is 1. The Morgan fingerprint density at radius 1 is 1.26 bits per heavy atom. The van der Waals surface area contributed by atoms with Gasteiger partial charge in [-0.05, 0) is 19.3 Å². The highest BCUT2D eigenvalue weighted by Crippen LogP contribution is 2.10. The molecule has 19 heavy (non-hydrogen) atoms. The maximum absolute atomic E-state index is 11.1. The zero-order valence-corrected chi connectivity index (χ0v) is 10.3. The van der Waals surface area contributed by atoms with Gasteiger partial charge in [-0.25, -0.2) is 4.79 Å². The largest absolute Gasteiger partial charge is 0.513 e. The minimum atomic E-state index is -0.811. The fraction of sp³-hybridized carbons (Fsp3) is 0.545. The summed E-state index contributed by atoms with van der Waals surface area (Å²) in [6, 6.07) is 1.50. The Morgan fingerprint density at radius 2 is 2.00 bits per heavy atom. The van der Waals surface area contributed by atoms with Crippen molar-refractivity contribution in [3.05, 3.63) is 28.7 Å². The van der Waals surface area contributed by atoms with Gasteiger partial charge in [-0.1, -0.05) is 6.42 Å². The number of furan rings is 1. The summed E-state index contributed by atoms with van der Waals surface area (Å²) in [7, 11) is 0. The maximum atomic E-state index is 11.1. The Hall–Kier alpha value is -2.25. The van der Waals surface area contributed by atoms with Crippen LogP contribution in [0, 0.1) is 10.1 Å². The molecule has 1 rings (SSSR count). The van der Waals surface area contributed by atoms with Crippen LogP contribution in [0.3, 0.4) is 0 Å². The molecule has 0 aliphatic carbocycles. The van der Waals surface area contributed by atoms with Crippen molar-refractivity contribution in [3.63, 3.8) is 0 Å². The van der Waals surface area contributed by atoms with Gasteiger partial charge in [-0.15, -0.1) is 10.1 Å². The molecule has 0 fully saturated rings. The van der Waals surface area contributed by atoms with Crippen molar-refractivity contribution in [2.45, 2.75) is 25.7 Å². The van der Waals surface area contributed by atoms with Gasteiger partial charge < -0.3 is 18.7 Å². The van der Waals surface area contributed by atoms with Crippen molar-refractivity contribution < 1.29 is 28.6 Å². The Labute approximate surface area is 109 Å². The summed E-state index contributed by atoms with van der Waals surface area (Å²) in [5.74, 6) is 0.293. The molecule has 106 valence electrons. The smallest absolute Gasteiger partial charge is 0.469 e. The second kappa shape index (κ2) is 8.78. The summed E-state index contributed by atoms with van der Waals surface area (Å²) in [6.45, 7) is 0.336. The molecule has 0 aliphatic rings. The van der Waals surface area contributed by atoms with Gasteiger partial charge in [0, 0.05) is 6.07 Å². The van der Waals surface area contributed by atoms with Gasteiger partial charge in [0.05, 0.1) is 19.5 Å². The highest BCUT2D eigenvalue weighted by Gasteiger charge is 2.06. The third-order valence-electron chi connectivity index (χ3n) is 2.15. The van der Waals surface area contributed by atoms with Gasteiger partial charge in [-0.2, -0.15) is 0 Å². The number of unbranched alkanes of at least 4 members (excludes halogenated alkanes) is 3. The van der Waals surface area contributed by atoms with Crippen LogP contribution in [0.4, 0.5) is 4.79 Å². The molecule has 0 radical (unpaired) electrons. The Balaban J connectivity index is 1.90. The van der Waals surface area contributed by atoms with E-state index in [1.165, 1.54) is 18.6 Å². The van der Waals surface area contributed by atoms with E-state index in [1.54, 1.807) is 0 Å². The summed E-state index contributed by atoms with van der Waals surface area (Å²) >= 11 is 0. The third kappa shape index (κ3) is 7.63. The summed E-state index contributed by atoms with van der Waals surface area (Å²) in [5.41, 5.74) is 0. The molecular weight excluding hydrogens is 258 g/mol. The van der Waals surface area contributed by atoms with Crippen LogP contribution in [0.2, 0.25) is 0 Å². The number of rotatable bonds is 9. The lowest BCUT2D eigenvalue weighted by atomic mass is 10.2. The molecule has 0 unspecified atom stereocenters. The van der Waals surface area contributed by atoms with Crippen LogP contribution in [0.15, 0.2) is 23.0 Å². The molecule has 0 aromatic carbocycles.